The molecule has 4 unspecified atom stereocenters. The average molecular weight is 249 g/mol. The maximum absolute atomic E-state index is 6.03. The van der Waals surface area contributed by atoms with Gasteiger partial charge in [-0.15, -0.1) is 11.6 Å². The first-order valence-electron chi connectivity index (χ1n) is 6.51. The van der Waals surface area contributed by atoms with Crippen LogP contribution in [0.3, 0.4) is 0 Å². The fraction of sp³-hybridized carbons (Fsp3) is 1.00. The molecule has 4 atom stereocenters. The van der Waals surface area contributed by atoms with Crippen molar-refractivity contribution in [2.45, 2.75) is 76.1 Å². The van der Waals surface area contributed by atoms with Crippen LogP contribution in [0.4, 0.5) is 0 Å². The molecule has 2 nitrogen and oxygen atoms in total. The molecule has 0 spiro atoms. The van der Waals surface area contributed by atoms with Gasteiger partial charge in [0, 0.05) is 7.11 Å². The molecular weight excluding hydrogens is 224 g/mol. The zero-order chi connectivity index (χ0) is 12.0. The number of hydrogen-bond donors (Lipinski definition) is 0. The first-order valence-corrected chi connectivity index (χ1v) is 6.95. The second kappa shape index (κ2) is 7.52. The maximum Gasteiger partial charge on any atom is 0.0997 e. The lowest BCUT2D eigenvalue weighted by atomic mass is 9.90. The first-order chi connectivity index (χ1) is 7.69. The molecular formula is C13H25ClO2. The van der Waals surface area contributed by atoms with Gasteiger partial charge in [0.25, 0.3) is 0 Å². The smallest absolute Gasteiger partial charge is 0.0997 e. The molecule has 0 amide bonds. The Morgan fingerprint density at radius 1 is 1.31 bits per heavy atom. The van der Waals surface area contributed by atoms with E-state index in [2.05, 4.69) is 13.8 Å². The Balaban J connectivity index is 2.07. The van der Waals surface area contributed by atoms with Crippen molar-refractivity contribution in [2.24, 2.45) is 0 Å². The molecule has 96 valence electrons. The van der Waals surface area contributed by atoms with E-state index in [1.165, 1.54) is 25.7 Å². The standard InChI is InChI=1S/C13H25ClO2/c1-4-5-6-7-8-10(2)16-12-9-11(14)13(12)15-3/h10-13H,4-9H2,1-3H3. The summed E-state index contributed by atoms with van der Waals surface area (Å²) in [5.41, 5.74) is 0. The number of rotatable bonds is 8. The summed E-state index contributed by atoms with van der Waals surface area (Å²) in [6.45, 7) is 4.39. The first kappa shape index (κ1) is 14.3. The average Bonchev–Trinajstić information content (AvgIpc) is 2.24. The second-order valence-electron chi connectivity index (χ2n) is 4.79. The van der Waals surface area contributed by atoms with Crippen LogP contribution >= 0.6 is 11.6 Å². The second-order valence-corrected chi connectivity index (χ2v) is 5.35. The van der Waals surface area contributed by atoms with Gasteiger partial charge < -0.3 is 9.47 Å². The molecule has 1 fully saturated rings. The zero-order valence-corrected chi connectivity index (χ0v) is 11.5. The molecule has 0 aromatic heterocycles. The van der Waals surface area contributed by atoms with Gasteiger partial charge in [-0.1, -0.05) is 32.6 Å². The monoisotopic (exact) mass is 248 g/mol. The highest BCUT2D eigenvalue weighted by molar-refractivity contribution is 6.21. The van der Waals surface area contributed by atoms with Gasteiger partial charge in [-0.25, -0.2) is 0 Å². The largest absolute Gasteiger partial charge is 0.377 e. The SMILES string of the molecule is CCCCCCC(C)OC1CC(Cl)C1OC. The number of halogens is 1. The van der Waals surface area contributed by atoms with Crippen molar-refractivity contribution < 1.29 is 9.47 Å². The number of methoxy groups -OCH3 is 1. The molecule has 0 radical (unpaired) electrons. The van der Waals surface area contributed by atoms with E-state index in [1.807, 2.05) is 0 Å². The summed E-state index contributed by atoms with van der Waals surface area (Å²) in [5, 5.41) is 0.141. The summed E-state index contributed by atoms with van der Waals surface area (Å²) >= 11 is 6.03. The van der Waals surface area contributed by atoms with Gasteiger partial charge in [0.15, 0.2) is 0 Å². The van der Waals surface area contributed by atoms with Crippen molar-refractivity contribution in [3.05, 3.63) is 0 Å². The zero-order valence-electron chi connectivity index (χ0n) is 10.7. The van der Waals surface area contributed by atoms with Gasteiger partial charge >= 0.3 is 0 Å². The van der Waals surface area contributed by atoms with Crippen LogP contribution in [0.25, 0.3) is 0 Å². The minimum Gasteiger partial charge on any atom is -0.377 e. The molecule has 1 saturated carbocycles. The third kappa shape index (κ3) is 4.23. The van der Waals surface area contributed by atoms with E-state index in [1.54, 1.807) is 7.11 Å². The Morgan fingerprint density at radius 2 is 2.06 bits per heavy atom. The van der Waals surface area contributed by atoms with Crippen LogP contribution in [-0.4, -0.2) is 30.8 Å². The molecule has 3 heteroatoms. The van der Waals surface area contributed by atoms with Gasteiger partial charge in [-0.05, 0) is 19.8 Å². The number of alkyl halides is 1. The third-order valence-electron chi connectivity index (χ3n) is 3.32. The van der Waals surface area contributed by atoms with Crippen molar-refractivity contribution >= 4 is 11.6 Å². The number of unbranched alkanes of at least 4 members (excludes halogenated alkanes) is 3. The van der Waals surface area contributed by atoms with Crippen molar-refractivity contribution in [1.82, 2.24) is 0 Å². The number of ether oxygens (including phenoxy) is 2. The number of hydrogen-bond acceptors (Lipinski definition) is 2. The Labute approximate surface area is 105 Å². The Hall–Kier alpha value is 0.210. The highest BCUT2D eigenvalue weighted by atomic mass is 35.5. The highest BCUT2D eigenvalue weighted by Crippen LogP contribution is 2.32. The predicted molar refractivity (Wildman–Crippen MR) is 68.1 cm³/mol. The molecule has 16 heavy (non-hydrogen) atoms. The molecule has 0 aromatic rings. The van der Waals surface area contributed by atoms with Crippen LogP contribution in [0.2, 0.25) is 0 Å². The van der Waals surface area contributed by atoms with E-state index < -0.39 is 0 Å². The summed E-state index contributed by atoms with van der Waals surface area (Å²) in [6, 6.07) is 0. The molecule has 0 aliphatic heterocycles. The van der Waals surface area contributed by atoms with Crippen molar-refractivity contribution in [1.29, 1.82) is 0 Å². The summed E-state index contributed by atoms with van der Waals surface area (Å²) in [5.74, 6) is 0. The lowest BCUT2D eigenvalue weighted by Gasteiger charge is -2.41. The Morgan fingerprint density at radius 3 is 2.62 bits per heavy atom. The molecule has 0 heterocycles. The summed E-state index contributed by atoms with van der Waals surface area (Å²) in [4.78, 5) is 0. The third-order valence-corrected chi connectivity index (χ3v) is 3.75. The van der Waals surface area contributed by atoms with E-state index in [4.69, 9.17) is 21.1 Å². The maximum atomic E-state index is 6.03. The van der Waals surface area contributed by atoms with Crippen molar-refractivity contribution in [2.75, 3.05) is 7.11 Å². The lowest BCUT2D eigenvalue weighted by molar-refractivity contribution is -0.134. The van der Waals surface area contributed by atoms with Gasteiger partial charge in [0.2, 0.25) is 0 Å². The molecule has 1 rings (SSSR count). The highest BCUT2D eigenvalue weighted by Gasteiger charge is 2.41. The van der Waals surface area contributed by atoms with Crippen LogP contribution in [-0.2, 0) is 9.47 Å². The topological polar surface area (TPSA) is 18.5 Å². The predicted octanol–water partition coefficient (Wildman–Crippen LogP) is 3.76. The summed E-state index contributed by atoms with van der Waals surface area (Å²) in [6.07, 6.45) is 7.94. The molecule has 0 bridgehead atoms. The van der Waals surface area contributed by atoms with Crippen molar-refractivity contribution in [3.8, 4) is 0 Å². The Kier molecular flexibility index (Phi) is 6.71. The minimum absolute atomic E-state index is 0.0970. The minimum atomic E-state index is 0.0970. The van der Waals surface area contributed by atoms with E-state index in [0.717, 1.165) is 12.8 Å². The molecule has 0 saturated heterocycles. The normalized spacial score (nSPS) is 31.1. The molecule has 0 aromatic carbocycles. The molecule has 0 N–H and O–H groups in total. The van der Waals surface area contributed by atoms with Crippen LogP contribution in [0.5, 0.6) is 0 Å². The van der Waals surface area contributed by atoms with Crippen LogP contribution in [0, 0.1) is 0 Å². The van der Waals surface area contributed by atoms with Crippen LogP contribution < -0.4 is 0 Å². The molecule has 1 aliphatic rings. The van der Waals surface area contributed by atoms with E-state index in [0.29, 0.717) is 6.10 Å². The van der Waals surface area contributed by atoms with Gasteiger partial charge in [0.05, 0.1) is 23.7 Å². The lowest BCUT2D eigenvalue weighted by Crippen LogP contribution is -2.51. The molecule has 1 aliphatic carbocycles. The van der Waals surface area contributed by atoms with Gasteiger partial charge in [-0.3, -0.25) is 0 Å². The van der Waals surface area contributed by atoms with Crippen molar-refractivity contribution in [3.63, 3.8) is 0 Å². The van der Waals surface area contributed by atoms with E-state index in [-0.39, 0.29) is 17.6 Å². The Bertz CT molecular complexity index is 187. The van der Waals surface area contributed by atoms with Gasteiger partial charge in [0.1, 0.15) is 0 Å². The van der Waals surface area contributed by atoms with Crippen LogP contribution in [0.1, 0.15) is 52.4 Å². The quantitative estimate of drug-likeness (QED) is 0.481. The fourth-order valence-electron chi connectivity index (χ4n) is 2.18. The van der Waals surface area contributed by atoms with Crippen LogP contribution in [0.15, 0.2) is 0 Å². The summed E-state index contributed by atoms with van der Waals surface area (Å²) in [7, 11) is 1.71. The fourth-order valence-corrected chi connectivity index (χ4v) is 2.63. The van der Waals surface area contributed by atoms with Gasteiger partial charge in [-0.2, -0.15) is 0 Å². The summed E-state index contributed by atoms with van der Waals surface area (Å²) < 4.78 is 11.2. The van der Waals surface area contributed by atoms with E-state index >= 15 is 0 Å². The van der Waals surface area contributed by atoms with E-state index in [9.17, 15) is 0 Å².